The molecule has 5 nitrogen and oxygen atoms in total. The molecule has 1 heterocycles. The van der Waals surface area contributed by atoms with Crippen LogP contribution in [0.25, 0.3) is 0 Å². The van der Waals surface area contributed by atoms with Crippen molar-refractivity contribution in [3.05, 3.63) is 12.2 Å². The summed E-state index contributed by atoms with van der Waals surface area (Å²) in [6.45, 7) is 2.61. The van der Waals surface area contributed by atoms with E-state index in [1.807, 2.05) is 0 Å². The first-order valence-corrected chi connectivity index (χ1v) is 11.6. The predicted molar refractivity (Wildman–Crippen MR) is 113 cm³/mol. The van der Waals surface area contributed by atoms with Crippen LogP contribution in [0.4, 0.5) is 0 Å². The van der Waals surface area contributed by atoms with Crippen molar-refractivity contribution in [2.45, 2.75) is 115 Å². The largest absolute Gasteiger partial charge is 0.394 e. The monoisotopic (exact) mass is 400 g/mol. The van der Waals surface area contributed by atoms with Crippen molar-refractivity contribution < 1.29 is 24.8 Å². The van der Waals surface area contributed by atoms with Gasteiger partial charge in [0.25, 0.3) is 0 Å². The van der Waals surface area contributed by atoms with Gasteiger partial charge in [0.15, 0.2) is 0 Å². The number of rotatable bonds is 17. The summed E-state index contributed by atoms with van der Waals surface area (Å²) in [5.74, 6) is 0. The van der Waals surface area contributed by atoms with E-state index in [1.54, 1.807) is 0 Å². The van der Waals surface area contributed by atoms with Gasteiger partial charge in [-0.25, -0.2) is 0 Å². The van der Waals surface area contributed by atoms with E-state index in [9.17, 15) is 15.3 Å². The molecule has 3 N–H and O–H groups in total. The second-order valence-electron chi connectivity index (χ2n) is 8.03. The zero-order valence-corrected chi connectivity index (χ0v) is 17.9. The lowest BCUT2D eigenvalue weighted by Crippen LogP contribution is -2.55. The van der Waals surface area contributed by atoms with Gasteiger partial charge in [0.1, 0.15) is 24.4 Å². The molecule has 0 aromatic heterocycles. The second-order valence-corrected chi connectivity index (χ2v) is 8.03. The van der Waals surface area contributed by atoms with Gasteiger partial charge in [0.05, 0.1) is 13.2 Å². The number of aliphatic hydroxyl groups is 3. The molecule has 0 bridgehead atoms. The lowest BCUT2D eigenvalue weighted by molar-refractivity contribution is -0.211. The Morgan fingerprint density at radius 2 is 1.43 bits per heavy atom. The van der Waals surface area contributed by atoms with E-state index in [0.29, 0.717) is 6.61 Å². The van der Waals surface area contributed by atoms with Crippen LogP contribution < -0.4 is 0 Å². The lowest BCUT2D eigenvalue weighted by atomic mass is 10.0. The lowest BCUT2D eigenvalue weighted by Gasteiger charge is -2.37. The Kier molecular flexibility index (Phi) is 15.9. The molecule has 1 fully saturated rings. The third-order valence-electron chi connectivity index (χ3n) is 5.47. The minimum absolute atomic E-state index is 0.0432. The molecule has 0 spiro atoms. The molecule has 1 aliphatic rings. The van der Waals surface area contributed by atoms with E-state index in [-0.39, 0.29) is 13.2 Å². The fourth-order valence-corrected chi connectivity index (χ4v) is 3.61. The maximum atomic E-state index is 9.99. The Morgan fingerprint density at radius 1 is 0.857 bits per heavy atom. The van der Waals surface area contributed by atoms with Crippen molar-refractivity contribution in [3.8, 4) is 0 Å². The summed E-state index contributed by atoms with van der Waals surface area (Å²) < 4.78 is 11.0. The maximum Gasteiger partial charge on any atom is 0.114 e. The summed E-state index contributed by atoms with van der Waals surface area (Å²) in [5, 5.41) is 28.9. The van der Waals surface area contributed by atoms with Crippen molar-refractivity contribution >= 4 is 0 Å². The average molecular weight is 401 g/mol. The van der Waals surface area contributed by atoms with E-state index in [1.165, 1.54) is 70.6 Å². The molecule has 0 unspecified atom stereocenters. The quantitative estimate of drug-likeness (QED) is 0.253. The first-order chi connectivity index (χ1) is 13.7. The summed E-state index contributed by atoms with van der Waals surface area (Å²) in [6, 6.07) is 0. The highest BCUT2D eigenvalue weighted by Crippen LogP contribution is 2.19. The number of aliphatic hydroxyl groups excluding tert-OH is 3. The molecule has 0 aliphatic carbocycles. The van der Waals surface area contributed by atoms with Crippen molar-refractivity contribution in [1.82, 2.24) is 0 Å². The van der Waals surface area contributed by atoms with Gasteiger partial charge in [0.2, 0.25) is 0 Å². The highest BCUT2D eigenvalue weighted by atomic mass is 16.6. The molecule has 166 valence electrons. The van der Waals surface area contributed by atoms with Crippen molar-refractivity contribution in [2.24, 2.45) is 0 Å². The minimum atomic E-state index is -0.989. The Labute approximate surface area is 172 Å². The van der Waals surface area contributed by atoms with Crippen LogP contribution in [0.5, 0.6) is 0 Å². The van der Waals surface area contributed by atoms with Gasteiger partial charge in [-0.2, -0.15) is 0 Å². The van der Waals surface area contributed by atoms with E-state index in [2.05, 4.69) is 19.1 Å². The van der Waals surface area contributed by atoms with Crippen LogP contribution in [0.15, 0.2) is 12.2 Å². The predicted octanol–water partition coefficient (Wildman–Crippen LogP) is 4.13. The topological polar surface area (TPSA) is 79.2 Å². The summed E-state index contributed by atoms with van der Waals surface area (Å²) in [4.78, 5) is 0. The third-order valence-corrected chi connectivity index (χ3v) is 5.47. The number of hydrogen-bond donors (Lipinski definition) is 3. The summed E-state index contributed by atoms with van der Waals surface area (Å²) in [6.07, 6.45) is 17.8. The first-order valence-electron chi connectivity index (χ1n) is 11.6. The number of ether oxygens (including phenoxy) is 2. The molecule has 1 aliphatic heterocycles. The van der Waals surface area contributed by atoms with Gasteiger partial charge in [-0.15, -0.1) is 0 Å². The maximum absolute atomic E-state index is 9.99. The van der Waals surface area contributed by atoms with Crippen LogP contribution in [0.3, 0.4) is 0 Å². The average Bonchev–Trinajstić information content (AvgIpc) is 2.70. The molecule has 5 heteroatoms. The van der Waals surface area contributed by atoms with Crippen LogP contribution in [0.2, 0.25) is 0 Å². The van der Waals surface area contributed by atoms with Gasteiger partial charge in [-0.3, -0.25) is 0 Å². The van der Waals surface area contributed by atoms with Gasteiger partial charge in [-0.1, -0.05) is 70.4 Å². The number of hydrogen-bond acceptors (Lipinski definition) is 5. The van der Waals surface area contributed by atoms with E-state index < -0.39 is 24.4 Å². The number of unbranched alkanes of at least 4 members (excludes halogenated alkanes) is 11. The fraction of sp³-hybridized carbons (Fsp3) is 0.913. The van der Waals surface area contributed by atoms with E-state index in [4.69, 9.17) is 9.47 Å². The van der Waals surface area contributed by atoms with Crippen LogP contribution in [-0.4, -0.2) is 59.6 Å². The fourth-order valence-electron chi connectivity index (χ4n) is 3.61. The highest BCUT2D eigenvalue weighted by molar-refractivity contribution is 4.87. The molecule has 1 saturated heterocycles. The van der Waals surface area contributed by atoms with E-state index >= 15 is 0 Å². The highest BCUT2D eigenvalue weighted by Gasteiger charge is 2.39. The Morgan fingerprint density at radius 3 is 2.04 bits per heavy atom. The molecular weight excluding hydrogens is 356 g/mol. The summed E-state index contributed by atoms with van der Waals surface area (Å²) in [7, 11) is 0. The van der Waals surface area contributed by atoms with Gasteiger partial charge < -0.3 is 24.8 Å². The molecule has 0 aromatic rings. The van der Waals surface area contributed by atoms with Crippen LogP contribution >= 0.6 is 0 Å². The second kappa shape index (κ2) is 17.4. The van der Waals surface area contributed by atoms with Crippen LogP contribution in [0, 0.1) is 0 Å². The molecule has 0 aromatic carbocycles. The van der Waals surface area contributed by atoms with Crippen LogP contribution in [-0.2, 0) is 9.47 Å². The SMILES string of the molecule is CCCCC/C=C/CCCCCCCCCCO[C@@H]1[C@@H](O)[C@H](O)CO[C@H]1CO. The minimum Gasteiger partial charge on any atom is -0.394 e. The standard InChI is InChI=1S/C23H44O5/c1-2-3-4-5-6-7-8-9-10-11-12-13-14-15-16-17-27-23-21(18-24)28-19-20(25)22(23)26/h6-7,20-26H,2-5,8-19H2,1H3/b7-6+/t20-,21+,22+,23+/m1/s1. The molecule has 0 saturated carbocycles. The van der Waals surface area contributed by atoms with Gasteiger partial charge >= 0.3 is 0 Å². The van der Waals surface area contributed by atoms with Crippen molar-refractivity contribution in [1.29, 1.82) is 0 Å². The van der Waals surface area contributed by atoms with Gasteiger partial charge in [-0.05, 0) is 32.1 Å². The first kappa shape index (κ1) is 25.6. The molecule has 4 atom stereocenters. The zero-order valence-electron chi connectivity index (χ0n) is 17.9. The van der Waals surface area contributed by atoms with Crippen molar-refractivity contribution in [3.63, 3.8) is 0 Å². The van der Waals surface area contributed by atoms with Gasteiger partial charge in [0, 0.05) is 6.61 Å². The van der Waals surface area contributed by atoms with Crippen molar-refractivity contribution in [2.75, 3.05) is 19.8 Å². The normalized spacial score (nSPS) is 25.6. The number of allylic oxidation sites excluding steroid dienone is 2. The molecular formula is C23H44O5. The van der Waals surface area contributed by atoms with E-state index in [0.717, 1.165) is 12.8 Å². The molecule has 0 amide bonds. The Balaban J connectivity index is 1.89. The van der Waals surface area contributed by atoms with Crippen LogP contribution in [0.1, 0.15) is 90.4 Å². The molecule has 1 rings (SSSR count). The summed E-state index contributed by atoms with van der Waals surface area (Å²) >= 11 is 0. The smallest absolute Gasteiger partial charge is 0.114 e. The summed E-state index contributed by atoms with van der Waals surface area (Å²) in [5.41, 5.74) is 0. The third kappa shape index (κ3) is 11.5. The zero-order chi connectivity index (χ0) is 20.5. The molecule has 28 heavy (non-hydrogen) atoms. The molecule has 0 radical (unpaired) electrons. The Bertz CT molecular complexity index is 372. The Hall–Kier alpha value is -0.460.